The van der Waals surface area contributed by atoms with Gasteiger partial charge < -0.3 is 15.3 Å². The Hall–Kier alpha value is -3.71. The number of aromatic amines is 1. The highest BCUT2D eigenvalue weighted by molar-refractivity contribution is 6.07. The SMILES string of the molecule is Cc1[nH]nc2nc(-c3ccc(O)cc3)cc(C(=O)N3CCNCC3Cc3ccccc3)c12. The first-order valence-electron chi connectivity index (χ1n) is 10.8. The zero-order valence-electron chi connectivity index (χ0n) is 17.9. The minimum atomic E-state index is -0.00985. The number of phenols is 1. The van der Waals surface area contributed by atoms with Gasteiger partial charge in [0.05, 0.1) is 16.6 Å². The number of carbonyl (C=O) groups is 1. The maximum atomic E-state index is 13.9. The number of phenolic OH excluding ortho intramolecular Hbond substituents is 1. The monoisotopic (exact) mass is 427 g/mol. The van der Waals surface area contributed by atoms with Gasteiger partial charge in [0, 0.05) is 36.9 Å². The predicted molar refractivity (Wildman–Crippen MR) is 124 cm³/mol. The number of amides is 1. The molecule has 3 heterocycles. The van der Waals surface area contributed by atoms with Crippen molar-refractivity contribution in [1.82, 2.24) is 25.4 Å². The normalized spacial score (nSPS) is 16.4. The Morgan fingerprint density at radius 3 is 2.72 bits per heavy atom. The summed E-state index contributed by atoms with van der Waals surface area (Å²) < 4.78 is 0. The molecular weight excluding hydrogens is 402 g/mol. The van der Waals surface area contributed by atoms with Crippen LogP contribution < -0.4 is 5.32 Å². The van der Waals surface area contributed by atoms with Crippen molar-refractivity contribution < 1.29 is 9.90 Å². The number of nitrogens with one attached hydrogen (secondary N) is 2. The number of aryl methyl sites for hydroxylation is 1. The van der Waals surface area contributed by atoms with Gasteiger partial charge in [-0.1, -0.05) is 30.3 Å². The number of nitrogens with zero attached hydrogens (tertiary/aromatic N) is 3. The summed E-state index contributed by atoms with van der Waals surface area (Å²) in [6.45, 7) is 4.07. The molecule has 0 aliphatic carbocycles. The van der Waals surface area contributed by atoms with Crippen LogP contribution in [0.3, 0.4) is 0 Å². The molecule has 0 bridgehead atoms. The van der Waals surface area contributed by atoms with Crippen molar-refractivity contribution in [1.29, 1.82) is 0 Å². The first-order valence-corrected chi connectivity index (χ1v) is 10.8. The fourth-order valence-corrected chi connectivity index (χ4v) is 4.38. The van der Waals surface area contributed by atoms with Crippen LogP contribution in [0, 0.1) is 6.92 Å². The molecule has 3 N–H and O–H groups in total. The van der Waals surface area contributed by atoms with Crippen LogP contribution >= 0.6 is 0 Å². The lowest BCUT2D eigenvalue weighted by Gasteiger charge is -2.36. The molecule has 32 heavy (non-hydrogen) atoms. The third-order valence-electron chi connectivity index (χ3n) is 6.02. The largest absolute Gasteiger partial charge is 0.508 e. The van der Waals surface area contributed by atoms with Gasteiger partial charge >= 0.3 is 0 Å². The van der Waals surface area contributed by atoms with Crippen molar-refractivity contribution in [2.24, 2.45) is 0 Å². The molecule has 7 heteroatoms. The Kier molecular flexibility index (Phi) is 5.33. The highest BCUT2D eigenvalue weighted by Crippen LogP contribution is 2.28. The van der Waals surface area contributed by atoms with E-state index in [2.05, 4.69) is 32.6 Å². The van der Waals surface area contributed by atoms with Crippen molar-refractivity contribution in [3.05, 3.63) is 77.5 Å². The van der Waals surface area contributed by atoms with Gasteiger partial charge in [-0.2, -0.15) is 5.10 Å². The summed E-state index contributed by atoms with van der Waals surface area (Å²) in [5.41, 5.74) is 4.63. The first-order chi connectivity index (χ1) is 15.6. The molecule has 162 valence electrons. The fraction of sp³-hybridized carbons (Fsp3) is 0.240. The molecule has 1 atom stereocenters. The lowest BCUT2D eigenvalue weighted by molar-refractivity contribution is 0.0638. The summed E-state index contributed by atoms with van der Waals surface area (Å²) in [6.07, 6.45) is 0.795. The Morgan fingerprint density at radius 1 is 1.16 bits per heavy atom. The van der Waals surface area contributed by atoms with Crippen LogP contribution in [0.1, 0.15) is 21.6 Å². The molecule has 0 saturated carbocycles. The van der Waals surface area contributed by atoms with Gasteiger partial charge in [0.2, 0.25) is 0 Å². The molecule has 5 rings (SSSR count). The average molecular weight is 428 g/mol. The minimum Gasteiger partial charge on any atom is -0.508 e. The van der Waals surface area contributed by atoms with Crippen LogP contribution in [0.5, 0.6) is 5.75 Å². The number of hydrogen-bond acceptors (Lipinski definition) is 5. The summed E-state index contributed by atoms with van der Waals surface area (Å²) in [5, 5.41) is 21.1. The van der Waals surface area contributed by atoms with Crippen molar-refractivity contribution in [3.63, 3.8) is 0 Å². The summed E-state index contributed by atoms with van der Waals surface area (Å²) in [4.78, 5) is 20.5. The second-order valence-corrected chi connectivity index (χ2v) is 8.20. The van der Waals surface area contributed by atoms with Crippen LogP contribution in [0.2, 0.25) is 0 Å². The van der Waals surface area contributed by atoms with E-state index in [-0.39, 0.29) is 17.7 Å². The summed E-state index contributed by atoms with van der Waals surface area (Å²) in [5.74, 6) is 0.177. The van der Waals surface area contributed by atoms with Crippen molar-refractivity contribution in [3.8, 4) is 17.0 Å². The molecule has 7 nitrogen and oxygen atoms in total. The number of pyridine rings is 1. The molecule has 1 aliphatic heterocycles. The average Bonchev–Trinajstić information content (AvgIpc) is 3.20. The van der Waals surface area contributed by atoms with E-state index in [0.717, 1.165) is 36.2 Å². The number of aromatic hydroxyl groups is 1. The summed E-state index contributed by atoms with van der Waals surface area (Å²) >= 11 is 0. The fourth-order valence-electron chi connectivity index (χ4n) is 4.38. The number of carbonyl (C=O) groups excluding carboxylic acids is 1. The molecule has 4 aromatic rings. The number of rotatable bonds is 4. The molecule has 0 radical (unpaired) electrons. The van der Waals surface area contributed by atoms with E-state index in [1.165, 1.54) is 5.56 Å². The van der Waals surface area contributed by atoms with Gasteiger partial charge in [0.1, 0.15) is 5.75 Å². The predicted octanol–water partition coefficient (Wildman–Crippen LogP) is 3.30. The van der Waals surface area contributed by atoms with Gasteiger partial charge in [-0.3, -0.25) is 9.89 Å². The standard InChI is InChI=1S/C25H25N5O2/c1-16-23-21(14-22(27-24(23)29-28-16)18-7-9-20(31)10-8-18)25(32)30-12-11-26-15-19(30)13-17-5-3-2-4-6-17/h2-10,14,19,26,31H,11-13,15H2,1H3,(H,27,28,29). The first kappa shape index (κ1) is 20.2. The number of piperazine rings is 1. The third kappa shape index (κ3) is 3.83. The molecule has 1 fully saturated rings. The van der Waals surface area contributed by atoms with Gasteiger partial charge in [0.15, 0.2) is 5.65 Å². The van der Waals surface area contributed by atoms with E-state index in [1.54, 1.807) is 24.3 Å². The van der Waals surface area contributed by atoms with E-state index in [4.69, 9.17) is 0 Å². The highest BCUT2D eigenvalue weighted by atomic mass is 16.3. The van der Waals surface area contributed by atoms with Gasteiger partial charge in [-0.25, -0.2) is 4.98 Å². The van der Waals surface area contributed by atoms with Crippen molar-refractivity contribution in [2.45, 2.75) is 19.4 Å². The molecule has 0 spiro atoms. The molecular formula is C25H25N5O2. The third-order valence-corrected chi connectivity index (χ3v) is 6.02. The zero-order valence-corrected chi connectivity index (χ0v) is 17.9. The van der Waals surface area contributed by atoms with E-state index >= 15 is 0 Å². The van der Waals surface area contributed by atoms with E-state index in [1.807, 2.05) is 36.1 Å². The second kappa shape index (κ2) is 8.43. The topological polar surface area (TPSA) is 94.1 Å². The highest BCUT2D eigenvalue weighted by Gasteiger charge is 2.30. The van der Waals surface area contributed by atoms with Crippen LogP contribution in [0.25, 0.3) is 22.3 Å². The Labute approximate surface area is 186 Å². The number of H-pyrrole nitrogens is 1. The quantitative estimate of drug-likeness (QED) is 0.465. The molecule has 2 aromatic carbocycles. The van der Waals surface area contributed by atoms with Gasteiger partial charge in [-0.05, 0) is 49.2 Å². The van der Waals surface area contributed by atoms with Crippen molar-refractivity contribution >= 4 is 16.9 Å². The number of aromatic nitrogens is 3. The summed E-state index contributed by atoms with van der Waals surface area (Å²) in [7, 11) is 0. The lowest BCUT2D eigenvalue weighted by atomic mass is 10.00. The molecule has 1 unspecified atom stereocenters. The number of fused-ring (bicyclic) bond motifs is 1. The lowest BCUT2D eigenvalue weighted by Crippen LogP contribution is -2.54. The second-order valence-electron chi connectivity index (χ2n) is 8.20. The Bertz CT molecular complexity index is 1250. The van der Waals surface area contributed by atoms with Crippen molar-refractivity contribution in [2.75, 3.05) is 19.6 Å². The van der Waals surface area contributed by atoms with E-state index < -0.39 is 0 Å². The van der Waals surface area contributed by atoms with E-state index in [9.17, 15) is 9.90 Å². The minimum absolute atomic E-state index is 0.00985. The number of hydrogen-bond donors (Lipinski definition) is 3. The molecule has 1 saturated heterocycles. The van der Waals surface area contributed by atoms with Crippen LogP contribution in [0.15, 0.2) is 60.7 Å². The van der Waals surface area contributed by atoms with Gasteiger partial charge in [-0.15, -0.1) is 0 Å². The zero-order chi connectivity index (χ0) is 22.1. The molecule has 1 aliphatic rings. The maximum Gasteiger partial charge on any atom is 0.255 e. The molecule has 1 amide bonds. The van der Waals surface area contributed by atoms with Crippen LogP contribution in [-0.4, -0.2) is 56.8 Å². The number of benzene rings is 2. The maximum absolute atomic E-state index is 13.9. The molecule has 2 aromatic heterocycles. The Morgan fingerprint density at radius 2 is 1.94 bits per heavy atom. The van der Waals surface area contributed by atoms with Gasteiger partial charge in [0.25, 0.3) is 5.91 Å². The summed E-state index contributed by atoms with van der Waals surface area (Å²) in [6, 6.07) is 19.0. The Balaban J connectivity index is 1.55. The van der Waals surface area contributed by atoms with E-state index in [0.29, 0.717) is 23.4 Å². The van der Waals surface area contributed by atoms with Crippen LogP contribution in [-0.2, 0) is 6.42 Å². The van der Waals surface area contributed by atoms with Crippen LogP contribution in [0.4, 0.5) is 0 Å². The smallest absolute Gasteiger partial charge is 0.255 e.